The molecule has 1 rings (SSSR count). The number of benzene rings is 1. The summed E-state index contributed by atoms with van der Waals surface area (Å²) in [5.41, 5.74) is 1.08. The summed E-state index contributed by atoms with van der Waals surface area (Å²) < 4.78 is 12.0. The number of ether oxygens (including phenoxy) is 2. The molecule has 1 aromatic rings. The number of hydrogen-bond donors (Lipinski definition) is 3. The molecule has 23 heavy (non-hydrogen) atoms. The van der Waals surface area contributed by atoms with Crippen molar-refractivity contribution in [2.24, 2.45) is 0 Å². The van der Waals surface area contributed by atoms with E-state index in [2.05, 4.69) is 26.6 Å². The predicted molar refractivity (Wildman–Crippen MR) is 103 cm³/mol. The second kappa shape index (κ2) is 15.3. The smallest absolute Gasteiger partial charge is 0.165 e. The third-order valence-corrected chi connectivity index (χ3v) is 3.37. The molecule has 0 aromatic heterocycles. The van der Waals surface area contributed by atoms with Gasteiger partial charge in [0.05, 0.1) is 20.3 Å². The molecular formula is C15H27BrCl2N2O3. The van der Waals surface area contributed by atoms with E-state index in [0.717, 1.165) is 47.6 Å². The molecule has 0 fully saturated rings. The Labute approximate surface area is 159 Å². The van der Waals surface area contributed by atoms with Crippen LogP contribution in [0.3, 0.4) is 0 Å². The predicted octanol–water partition coefficient (Wildman–Crippen LogP) is 2.76. The highest BCUT2D eigenvalue weighted by Crippen LogP contribution is 2.34. The fourth-order valence-electron chi connectivity index (χ4n) is 1.98. The first-order chi connectivity index (χ1) is 10.2. The Hall–Kier alpha value is -0.240. The van der Waals surface area contributed by atoms with E-state index in [0.29, 0.717) is 13.2 Å². The zero-order valence-electron chi connectivity index (χ0n) is 13.6. The molecule has 0 aliphatic heterocycles. The van der Waals surface area contributed by atoms with Crippen LogP contribution in [0.25, 0.3) is 0 Å². The van der Waals surface area contributed by atoms with Gasteiger partial charge in [0.15, 0.2) is 11.5 Å². The van der Waals surface area contributed by atoms with Crippen LogP contribution in [-0.4, -0.2) is 45.1 Å². The average molecular weight is 434 g/mol. The number of hydrogen-bond acceptors (Lipinski definition) is 5. The Morgan fingerprint density at radius 1 is 1.13 bits per heavy atom. The fourth-order valence-corrected chi connectivity index (χ4v) is 2.46. The molecule has 0 heterocycles. The van der Waals surface area contributed by atoms with Crippen molar-refractivity contribution in [3.63, 3.8) is 0 Å². The lowest BCUT2D eigenvalue weighted by molar-refractivity contribution is 0.292. The summed E-state index contributed by atoms with van der Waals surface area (Å²) in [4.78, 5) is 0. The molecule has 0 aliphatic rings. The minimum Gasteiger partial charge on any atom is -0.493 e. The van der Waals surface area contributed by atoms with Crippen LogP contribution in [0, 0.1) is 0 Å². The number of aliphatic hydroxyl groups excluding tert-OH is 1. The van der Waals surface area contributed by atoms with Crippen LogP contribution in [0.5, 0.6) is 11.5 Å². The van der Waals surface area contributed by atoms with Gasteiger partial charge in [0.25, 0.3) is 0 Å². The van der Waals surface area contributed by atoms with Crippen LogP contribution in [0.2, 0.25) is 0 Å². The molecular weight excluding hydrogens is 407 g/mol. The van der Waals surface area contributed by atoms with Crippen molar-refractivity contribution in [2.75, 3.05) is 40.0 Å². The van der Waals surface area contributed by atoms with Crippen molar-refractivity contribution < 1.29 is 14.6 Å². The summed E-state index contributed by atoms with van der Waals surface area (Å²) >= 11 is 3.49. The molecule has 0 bridgehead atoms. The summed E-state index contributed by atoms with van der Waals surface area (Å²) in [5.74, 6) is 1.54. The maximum absolute atomic E-state index is 8.67. The van der Waals surface area contributed by atoms with Gasteiger partial charge in [-0.2, -0.15) is 0 Å². The summed E-state index contributed by atoms with van der Waals surface area (Å²) in [6, 6.07) is 3.96. The molecule has 5 nitrogen and oxygen atoms in total. The zero-order valence-corrected chi connectivity index (χ0v) is 16.8. The minimum absolute atomic E-state index is 0. The van der Waals surface area contributed by atoms with Crippen LogP contribution in [0.15, 0.2) is 16.6 Å². The molecule has 0 atom stereocenters. The molecule has 0 radical (unpaired) electrons. The average Bonchev–Trinajstić information content (AvgIpc) is 2.48. The maximum Gasteiger partial charge on any atom is 0.165 e. The first kappa shape index (κ1) is 25.0. The minimum atomic E-state index is 0. The molecule has 3 N–H and O–H groups in total. The van der Waals surface area contributed by atoms with Crippen LogP contribution in [-0.2, 0) is 6.54 Å². The number of halogens is 3. The van der Waals surface area contributed by atoms with Crippen molar-refractivity contribution in [3.8, 4) is 11.5 Å². The Morgan fingerprint density at radius 2 is 1.83 bits per heavy atom. The van der Waals surface area contributed by atoms with E-state index in [1.54, 1.807) is 7.11 Å². The lowest BCUT2D eigenvalue weighted by Gasteiger charge is -2.15. The Bertz CT molecular complexity index is 426. The van der Waals surface area contributed by atoms with Gasteiger partial charge >= 0.3 is 0 Å². The second-order valence-electron chi connectivity index (χ2n) is 4.53. The maximum atomic E-state index is 8.67. The number of methoxy groups -OCH3 is 1. The van der Waals surface area contributed by atoms with Gasteiger partial charge in [-0.3, -0.25) is 0 Å². The fraction of sp³-hybridized carbons (Fsp3) is 0.600. The first-order valence-corrected chi connectivity index (χ1v) is 8.03. The van der Waals surface area contributed by atoms with Crippen molar-refractivity contribution in [1.82, 2.24) is 10.6 Å². The quantitative estimate of drug-likeness (QED) is 0.468. The molecule has 0 unspecified atom stereocenters. The van der Waals surface area contributed by atoms with Gasteiger partial charge in [0, 0.05) is 23.1 Å². The summed E-state index contributed by atoms with van der Waals surface area (Å²) in [6.07, 6.45) is 1.01. The third-order valence-electron chi connectivity index (χ3n) is 2.92. The molecule has 8 heteroatoms. The van der Waals surface area contributed by atoms with Gasteiger partial charge in [-0.15, -0.1) is 24.8 Å². The van der Waals surface area contributed by atoms with E-state index in [4.69, 9.17) is 14.6 Å². The molecule has 1 aromatic carbocycles. The Kier molecular flexibility index (Phi) is 16.6. The summed E-state index contributed by atoms with van der Waals surface area (Å²) in [7, 11) is 1.65. The van der Waals surface area contributed by atoms with Gasteiger partial charge < -0.3 is 25.2 Å². The van der Waals surface area contributed by atoms with Gasteiger partial charge in [-0.1, -0.05) is 15.9 Å². The van der Waals surface area contributed by atoms with Crippen molar-refractivity contribution >= 4 is 40.7 Å². The molecule has 0 aliphatic carbocycles. The standard InChI is InChI=1S/C15H25BrN2O3.2ClH/c1-3-21-15-12(9-13(16)10-14(15)20-2)11-18-6-4-5-17-7-8-19;;/h9-10,17-19H,3-8,11H2,1-2H3;2*1H. The second-order valence-corrected chi connectivity index (χ2v) is 5.45. The highest BCUT2D eigenvalue weighted by atomic mass is 79.9. The highest BCUT2D eigenvalue weighted by Gasteiger charge is 2.12. The lowest BCUT2D eigenvalue weighted by atomic mass is 10.2. The summed E-state index contributed by atoms with van der Waals surface area (Å²) in [6.45, 7) is 5.93. The van der Waals surface area contributed by atoms with Gasteiger partial charge in [0.2, 0.25) is 0 Å². The molecule has 0 saturated heterocycles. The topological polar surface area (TPSA) is 62.8 Å². The van der Waals surface area contributed by atoms with Crippen LogP contribution < -0.4 is 20.1 Å². The van der Waals surface area contributed by atoms with Crippen molar-refractivity contribution in [2.45, 2.75) is 19.9 Å². The molecule has 0 saturated carbocycles. The van der Waals surface area contributed by atoms with E-state index in [-0.39, 0.29) is 31.4 Å². The molecule has 0 amide bonds. The first-order valence-electron chi connectivity index (χ1n) is 7.24. The van der Waals surface area contributed by atoms with Gasteiger partial charge in [0.1, 0.15) is 0 Å². The number of rotatable bonds is 11. The van der Waals surface area contributed by atoms with E-state index in [1.165, 1.54) is 0 Å². The molecule has 0 spiro atoms. The van der Waals surface area contributed by atoms with Crippen LogP contribution >= 0.6 is 40.7 Å². The zero-order chi connectivity index (χ0) is 15.5. The SMILES string of the molecule is CCOc1c(CNCCCNCCO)cc(Br)cc1OC.Cl.Cl. The van der Waals surface area contributed by atoms with E-state index in [1.807, 2.05) is 19.1 Å². The van der Waals surface area contributed by atoms with E-state index >= 15 is 0 Å². The van der Waals surface area contributed by atoms with Crippen molar-refractivity contribution in [1.29, 1.82) is 0 Å². The van der Waals surface area contributed by atoms with E-state index in [9.17, 15) is 0 Å². The van der Waals surface area contributed by atoms with Crippen LogP contribution in [0.4, 0.5) is 0 Å². The van der Waals surface area contributed by atoms with Crippen molar-refractivity contribution in [3.05, 3.63) is 22.2 Å². The van der Waals surface area contributed by atoms with Crippen LogP contribution in [0.1, 0.15) is 18.9 Å². The highest BCUT2D eigenvalue weighted by molar-refractivity contribution is 9.10. The normalized spacial score (nSPS) is 9.74. The number of nitrogens with one attached hydrogen (secondary N) is 2. The molecule has 136 valence electrons. The summed E-state index contributed by atoms with van der Waals surface area (Å²) in [5, 5.41) is 15.2. The van der Waals surface area contributed by atoms with E-state index < -0.39 is 0 Å². The Balaban J connectivity index is 0. The number of aliphatic hydroxyl groups is 1. The monoisotopic (exact) mass is 432 g/mol. The third kappa shape index (κ3) is 9.59. The van der Waals surface area contributed by atoms with Gasteiger partial charge in [-0.05, 0) is 38.6 Å². The largest absolute Gasteiger partial charge is 0.493 e. The van der Waals surface area contributed by atoms with Gasteiger partial charge in [-0.25, -0.2) is 0 Å². The lowest BCUT2D eigenvalue weighted by Crippen LogP contribution is -2.24. The Morgan fingerprint density at radius 3 is 2.43 bits per heavy atom.